The van der Waals surface area contributed by atoms with Crippen molar-refractivity contribution >= 4 is 18.9 Å². The Hall–Kier alpha value is -2.78. The highest BCUT2D eigenvalue weighted by atomic mass is 16.7. The van der Waals surface area contributed by atoms with E-state index in [4.69, 9.17) is 9.31 Å². The Morgan fingerprint density at radius 1 is 1.11 bits per heavy atom. The predicted molar refractivity (Wildman–Crippen MR) is 145 cm³/mol. The largest absolute Gasteiger partial charge is 0.481 e. The van der Waals surface area contributed by atoms with Gasteiger partial charge < -0.3 is 19.9 Å². The summed E-state index contributed by atoms with van der Waals surface area (Å²) in [5.74, 6) is 0.359. The number of nitrogens with zero attached hydrogens (tertiary/aromatic N) is 2. The molecule has 4 fully saturated rings. The number of carbonyl (C=O) groups is 2. The quantitative estimate of drug-likeness (QED) is 0.492. The van der Waals surface area contributed by atoms with Gasteiger partial charge in [-0.3, -0.25) is 14.6 Å². The molecule has 4 aliphatic rings. The Morgan fingerprint density at radius 2 is 1.87 bits per heavy atom. The standard InChI is InChI=1S/C29H39BN4O4/c1-18(2)13-25(30-37-24-16-20-15-23(28(20,3)4)29(24,5)38-30)34-26(35)21(14-19-9-7-6-8-10-19)33-27(36)22-17-31-11-12-32-22/h6-12,17-18,20-21,23-25H,13-16H2,1-5H3,(H,33,36)(H,34,35)/t20?,21?,23?,24?,25-,29-/m0/s1. The van der Waals surface area contributed by atoms with E-state index >= 15 is 0 Å². The van der Waals surface area contributed by atoms with Gasteiger partial charge in [0.15, 0.2) is 0 Å². The molecule has 1 aromatic carbocycles. The van der Waals surface area contributed by atoms with E-state index in [1.165, 1.54) is 25.0 Å². The number of rotatable bonds is 9. The molecule has 38 heavy (non-hydrogen) atoms. The van der Waals surface area contributed by atoms with E-state index in [1.807, 2.05) is 30.3 Å². The summed E-state index contributed by atoms with van der Waals surface area (Å²) in [5.41, 5.74) is 0.998. The lowest BCUT2D eigenvalue weighted by Gasteiger charge is -2.64. The van der Waals surface area contributed by atoms with Gasteiger partial charge in [0, 0.05) is 18.8 Å². The Morgan fingerprint density at radius 3 is 2.53 bits per heavy atom. The van der Waals surface area contributed by atoms with Crippen molar-refractivity contribution in [2.75, 3.05) is 0 Å². The van der Waals surface area contributed by atoms with Crippen LogP contribution in [0.5, 0.6) is 0 Å². The van der Waals surface area contributed by atoms with Crippen LogP contribution < -0.4 is 10.6 Å². The number of carbonyl (C=O) groups excluding carboxylic acids is 2. The second kappa shape index (κ2) is 10.4. The number of aromatic nitrogens is 2. The van der Waals surface area contributed by atoms with E-state index in [0.717, 1.165) is 12.0 Å². The molecule has 2 heterocycles. The van der Waals surface area contributed by atoms with Gasteiger partial charge in [0.25, 0.3) is 5.91 Å². The molecule has 3 saturated carbocycles. The molecule has 6 atom stereocenters. The van der Waals surface area contributed by atoms with Crippen molar-refractivity contribution < 1.29 is 18.9 Å². The summed E-state index contributed by atoms with van der Waals surface area (Å²) in [4.78, 5) is 34.8. The number of nitrogens with one attached hydrogen (secondary N) is 2. The summed E-state index contributed by atoms with van der Waals surface area (Å²) in [6.07, 6.45) is 7.60. The first-order chi connectivity index (χ1) is 18.1. The molecule has 2 N–H and O–H groups in total. The summed E-state index contributed by atoms with van der Waals surface area (Å²) in [7, 11) is -0.528. The Balaban J connectivity index is 1.34. The van der Waals surface area contributed by atoms with Crippen LogP contribution >= 0.6 is 0 Å². The summed E-state index contributed by atoms with van der Waals surface area (Å²) >= 11 is 0. The van der Waals surface area contributed by atoms with Crippen LogP contribution in [0.4, 0.5) is 0 Å². The highest BCUT2D eigenvalue weighted by molar-refractivity contribution is 6.48. The van der Waals surface area contributed by atoms with Crippen LogP contribution in [0.2, 0.25) is 0 Å². The van der Waals surface area contributed by atoms with Crippen LogP contribution in [-0.4, -0.2) is 52.6 Å². The fraction of sp³-hybridized carbons (Fsp3) is 0.586. The zero-order valence-electron chi connectivity index (χ0n) is 23.0. The molecule has 6 rings (SSSR count). The second-order valence-electron chi connectivity index (χ2n) is 12.4. The molecule has 1 aromatic heterocycles. The highest BCUT2D eigenvalue weighted by Crippen LogP contribution is 2.65. The second-order valence-corrected chi connectivity index (χ2v) is 12.4. The number of amides is 2. The number of hydrogen-bond acceptors (Lipinski definition) is 6. The molecule has 2 bridgehead atoms. The molecule has 2 amide bonds. The van der Waals surface area contributed by atoms with Crippen molar-refractivity contribution in [3.8, 4) is 0 Å². The minimum Gasteiger partial charge on any atom is -0.404 e. The van der Waals surface area contributed by atoms with Crippen molar-refractivity contribution in [3.05, 3.63) is 60.2 Å². The van der Waals surface area contributed by atoms with Gasteiger partial charge in [-0.2, -0.15) is 0 Å². The summed E-state index contributed by atoms with van der Waals surface area (Å²) in [6.45, 7) is 11.1. The van der Waals surface area contributed by atoms with Gasteiger partial charge in [-0.25, -0.2) is 4.98 Å². The minimum absolute atomic E-state index is 0.0345. The van der Waals surface area contributed by atoms with Crippen molar-refractivity contribution in [1.29, 1.82) is 0 Å². The van der Waals surface area contributed by atoms with Crippen LogP contribution in [0, 0.1) is 23.2 Å². The molecular weight excluding hydrogens is 479 g/mol. The van der Waals surface area contributed by atoms with Gasteiger partial charge in [0.1, 0.15) is 11.7 Å². The maximum atomic E-state index is 13.8. The zero-order chi connectivity index (χ0) is 27.1. The van der Waals surface area contributed by atoms with E-state index < -0.39 is 19.1 Å². The molecule has 0 spiro atoms. The average molecular weight is 518 g/mol. The van der Waals surface area contributed by atoms with E-state index in [-0.39, 0.29) is 34.7 Å². The Bertz CT molecular complexity index is 1150. The third-order valence-corrected chi connectivity index (χ3v) is 9.05. The molecular formula is C29H39BN4O4. The lowest BCUT2D eigenvalue weighted by molar-refractivity contribution is -0.199. The lowest BCUT2D eigenvalue weighted by atomic mass is 9.43. The van der Waals surface area contributed by atoms with Crippen molar-refractivity contribution in [2.24, 2.45) is 23.2 Å². The van der Waals surface area contributed by atoms with Crippen molar-refractivity contribution in [2.45, 2.75) is 84.0 Å². The zero-order valence-corrected chi connectivity index (χ0v) is 23.0. The molecule has 2 aromatic rings. The smallest absolute Gasteiger partial charge is 0.404 e. The van der Waals surface area contributed by atoms with Crippen LogP contribution in [0.3, 0.4) is 0 Å². The fourth-order valence-electron chi connectivity index (χ4n) is 6.81. The van der Waals surface area contributed by atoms with E-state index in [2.05, 4.69) is 55.2 Å². The SMILES string of the molecule is CC(C)C[C@H](NC(=O)C(Cc1ccccc1)NC(=O)c1cnccn1)B1OC2CC3CC(C3(C)C)[C@]2(C)O1. The third kappa shape index (κ3) is 5.10. The van der Waals surface area contributed by atoms with E-state index in [0.29, 0.717) is 30.6 Å². The topological polar surface area (TPSA) is 102 Å². The van der Waals surface area contributed by atoms with E-state index in [9.17, 15) is 9.59 Å². The molecule has 4 unspecified atom stereocenters. The van der Waals surface area contributed by atoms with Crippen LogP contribution in [0.15, 0.2) is 48.9 Å². The van der Waals surface area contributed by atoms with E-state index in [1.54, 1.807) is 0 Å². The van der Waals surface area contributed by atoms with Gasteiger partial charge in [-0.1, -0.05) is 58.0 Å². The first kappa shape index (κ1) is 26.8. The number of hydrogen-bond donors (Lipinski definition) is 2. The summed E-state index contributed by atoms with van der Waals surface area (Å²) < 4.78 is 13.2. The lowest BCUT2D eigenvalue weighted by Crippen LogP contribution is -2.65. The van der Waals surface area contributed by atoms with Crippen molar-refractivity contribution in [3.63, 3.8) is 0 Å². The monoisotopic (exact) mass is 518 g/mol. The maximum absolute atomic E-state index is 13.8. The third-order valence-electron chi connectivity index (χ3n) is 9.05. The first-order valence-electron chi connectivity index (χ1n) is 13.8. The molecule has 202 valence electrons. The Kier molecular flexibility index (Phi) is 7.35. The minimum atomic E-state index is -0.799. The molecule has 1 saturated heterocycles. The highest BCUT2D eigenvalue weighted by Gasteiger charge is 2.68. The van der Waals surface area contributed by atoms with Gasteiger partial charge in [-0.15, -0.1) is 0 Å². The van der Waals surface area contributed by atoms with Gasteiger partial charge >= 0.3 is 7.12 Å². The van der Waals surface area contributed by atoms with Gasteiger partial charge in [0.2, 0.25) is 5.91 Å². The average Bonchev–Trinajstić information content (AvgIpc) is 3.26. The summed E-state index contributed by atoms with van der Waals surface area (Å²) in [6, 6.07) is 8.87. The molecule has 3 aliphatic carbocycles. The fourth-order valence-corrected chi connectivity index (χ4v) is 6.81. The summed E-state index contributed by atoms with van der Waals surface area (Å²) in [5, 5.41) is 6.08. The predicted octanol–water partition coefficient (Wildman–Crippen LogP) is 3.62. The van der Waals surface area contributed by atoms with Crippen LogP contribution in [-0.2, 0) is 20.5 Å². The molecule has 0 radical (unpaired) electrons. The maximum Gasteiger partial charge on any atom is 0.481 e. The molecule has 9 heteroatoms. The van der Waals surface area contributed by atoms with Crippen LogP contribution in [0.25, 0.3) is 0 Å². The van der Waals surface area contributed by atoms with Gasteiger partial charge in [-0.05, 0) is 54.9 Å². The van der Waals surface area contributed by atoms with Crippen molar-refractivity contribution in [1.82, 2.24) is 20.6 Å². The molecule has 1 aliphatic heterocycles. The Labute approximate surface area is 225 Å². The van der Waals surface area contributed by atoms with Crippen LogP contribution in [0.1, 0.15) is 69.9 Å². The first-order valence-corrected chi connectivity index (χ1v) is 13.8. The number of benzene rings is 1. The van der Waals surface area contributed by atoms with Gasteiger partial charge in [0.05, 0.1) is 23.8 Å². The normalized spacial score (nSPS) is 28.7. The molecule has 8 nitrogen and oxygen atoms in total.